The Kier molecular flexibility index (Phi) is 4.72. The van der Waals surface area contributed by atoms with Crippen molar-refractivity contribution in [1.82, 2.24) is 15.0 Å². The zero-order valence-electron chi connectivity index (χ0n) is 12.7. The molecule has 0 aromatic carbocycles. The number of carbonyl (C=O) groups excluding carboxylic acids is 2. The quantitative estimate of drug-likeness (QED) is 0.721. The Balaban J connectivity index is 1.68. The summed E-state index contributed by atoms with van der Waals surface area (Å²) in [6.45, 7) is 1.77. The van der Waals surface area contributed by atoms with Crippen LogP contribution in [0.4, 0.5) is 0 Å². The summed E-state index contributed by atoms with van der Waals surface area (Å²) < 4.78 is 1.04. The van der Waals surface area contributed by atoms with Crippen LogP contribution in [0.15, 0.2) is 34.7 Å². The van der Waals surface area contributed by atoms with Crippen LogP contribution in [0.1, 0.15) is 21.5 Å². The number of hydrogen-bond donors (Lipinski definition) is 2. The summed E-state index contributed by atoms with van der Waals surface area (Å²) in [5, 5.41) is 4.75. The molecule has 24 heavy (non-hydrogen) atoms. The molecule has 9 heteroatoms. The topological polar surface area (TPSA) is 93.1 Å². The number of hydrogen-bond acceptors (Lipinski definition) is 6. The molecule has 3 rings (SSSR count). The highest BCUT2D eigenvalue weighted by atomic mass is 32.1. The number of thiophene rings is 2. The molecule has 0 saturated heterocycles. The molecule has 0 atom stereocenters. The molecule has 0 aliphatic heterocycles. The number of aryl methyl sites for hydroxylation is 1. The van der Waals surface area contributed by atoms with Crippen molar-refractivity contribution in [2.45, 2.75) is 13.3 Å². The summed E-state index contributed by atoms with van der Waals surface area (Å²) in [4.78, 5) is 42.5. The zero-order chi connectivity index (χ0) is 17.1. The summed E-state index contributed by atoms with van der Waals surface area (Å²) in [5.74, 6) is -0.833. The number of fused-ring (bicyclic) bond motifs is 1. The number of nitrogens with zero attached hydrogens (tertiary/aromatic N) is 2. The minimum absolute atomic E-state index is 0.231. The van der Waals surface area contributed by atoms with Crippen LogP contribution in [-0.2, 0) is 11.2 Å². The van der Waals surface area contributed by atoms with Gasteiger partial charge in [0.2, 0.25) is 0 Å². The van der Waals surface area contributed by atoms with Gasteiger partial charge in [0.25, 0.3) is 17.4 Å². The zero-order valence-corrected chi connectivity index (χ0v) is 14.4. The van der Waals surface area contributed by atoms with Gasteiger partial charge in [0.1, 0.15) is 11.2 Å². The molecule has 7 nitrogen and oxygen atoms in total. The first-order chi connectivity index (χ1) is 11.6. The molecule has 2 amide bonds. The highest BCUT2D eigenvalue weighted by Gasteiger charge is 2.12. The molecular weight excluding hydrogens is 348 g/mol. The third kappa shape index (κ3) is 3.36. The maximum atomic E-state index is 12.3. The van der Waals surface area contributed by atoms with Gasteiger partial charge in [-0.3, -0.25) is 19.8 Å². The van der Waals surface area contributed by atoms with E-state index in [4.69, 9.17) is 0 Å². The second-order valence-electron chi connectivity index (χ2n) is 4.90. The molecule has 0 bridgehead atoms. The van der Waals surface area contributed by atoms with Gasteiger partial charge >= 0.3 is 0 Å². The standard InChI is InChI=1S/C15H14N4O3S2/c1-2-9-6-10-14(24-9)17-8-19(15(10)22)18-12(20)7-16-13(21)11-4-3-5-23-11/h3-6,8H,2,7H2,1H3,(H,16,21)(H,18,20). The van der Waals surface area contributed by atoms with Crippen LogP contribution in [0.2, 0.25) is 0 Å². The van der Waals surface area contributed by atoms with Crippen LogP contribution in [-0.4, -0.2) is 28.0 Å². The predicted octanol–water partition coefficient (Wildman–Crippen LogP) is 1.58. The second kappa shape index (κ2) is 6.93. The summed E-state index contributed by atoms with van der Waals surface area (Å²) in [6, 6.07) is 5.21. The average Bonchev–Trinajstić information content (AvgIpc) is 3.24. The first-order valence-electron chi connectivity index (χ1n) is 7.20. The third-order valence-corrected chi connectivity index (χ3v) is 5.31. The van der Waals surface area contributed by atoms with E-state index in [2.05, 4.69) is 15.7 Å². The van der Waals surface area contributed by atoms with Gasteiger partial charge in [-0.2, -0.15) is 0 Å². The molecule has 0 aliphatic carbocycles. The van der Waals surface area contributed by atoms with Crippen LogP contribution in [0.3, 0.4) is 0 Å². The molecule has 3 heterocycles. The van der Waals surface area contributed by atoms with E-state index in [-0.39, 0.29) is 18.0 Å². The fourth-order valence-corrected chi connectivity index (χ4v) is 3.62. The molecule has 0 aliphatic rings. The van der Waals surface area contributed by atoms with Crippen LogP contribution < -0.4 is 16.3 Å². The first-order valence-corrected chi connectivity index (χ1v) is 8.89. The lowest BCUT2D eigenvalue weighted by atomic mass is 10.3. The Morgan fingerprint density at radius 1 is 1.38 bits per heavy atom. The number of rotatable bonds is 5. The fraction of sp³-hybridized carbons (Fsp3) is 0.200. The fourth-order valence-electron chi connectivity index (χ4n) is 2.06. The Hall–Kier alpha value is -2.52. The van der Waals surface area contributed by atoms with Crippen LogP contribution in [0.5, 0.6) is 0 Å². The SMILES string of the molecule is CCc1cc2c(=O)n(NC(=O)CNC(=O)c3cccs3)cnc2s1. The van der Waals surface area contributed by atoms with E-state index in [0.717, 1.165) is 16.0 Å². The molecule has 124 valence electrons. The van der Waals surface area contributed by atoms with Crippen LogP contribution >= 0.6 is 22.7 Å². The molecule has 3 aromatic rings. The number of aromatic nitrogens is 2. The maximum absolute atomic E-state index is 12.3. The number of nitrogens with one attached hydrogen (secondary N) is 2. The van der Waals surface area contributed by atoms with E-state index in [1.807, 2.05) is 6.92 Å². The third-order valence-electron chi connectivity index (χ3n) is 3.25. The summed E-state index contributed by atoms with van der Waals surface area (Å²) in [6.07, 6.45) is 2.10. The lowest BCUT2D eigenvalue weighted by molar-refractivity contribution is -0.116. The lowest BCUT2D eigenvalue weighted by Gasteiger charge is -2.08. The van der Waals surface area contributed by atoms with Crippen molar-refractivity contribution in [2.24, 2.45) is 0 Å². The largest absolute Gasteiger partial charge is 0.342 e. The Morgan fingerprint density at radius 3 is 2.92 bits per heavy atom. The Morgan fingerprint density at radius 2 is 2.21 bits per heavy atom. The van der Waals surface area contributed by atoms with Crippen LogP contribution in [0, 0.1) is 0 Å². The van der Waals surface area contributed by atoms with Crippen molar-refractivity contribution in [3.05, 3.63) is 50.0 Å². The summed E-state index contributed by atoms with van der Waals surface area (Å²) in [5.41, 5.74) is 2.09. The van der Waals surface area contributed by atoms with Gasteiger partial charge in [0, 0.05) is 4.88 Å². The molecule has 3 aromatic heterocycles. The van der Waals surface area contributed by atoms with Crippen molar-refractivity contribution >= 4 is 44.7 Å². The highest BCUT2D eigenvalue weighted by Crippen LogP contribution is 2.20. The van der Waals surface area contributed by atoms with Gasteiger partial charge < -0.3 is 5.32 Å². The Bertz CT molecular complexity index is 943. The smallest absolute Gasteiger partial charge is 0.280 e. The number of amides is 2. The van der Waals surface area contributed by atoms with Gasteiger partial charge in [-0.15, -0.1) is 22.7 Å². The molecule has 0 spiro atoms. The minimum Gasteiger partial charge on any atom is -0.342 e. The highest BCUT2D eigenvalue weighted by molar-refractivity contribution is 7.18. The lowest BCUT2D eigenvalue weighted by Crippen LogP contribution is -2.39. The van der Waals surface area contributed by atoms with E-state index in [1.165, 1.54) is 29.0 Å². The molecular formula is C15H14N4O3S2. The normalized spacial score (nSPS) is 10.7. The van der Waals surface area contributed by atoms with Gasteiger partial charge in [0.15, 0.2) is 0 Å². The van der Waals surface area contributed by atoms with E-state index >= 15 is 0 Å². The van der Waals surface area contributed by atoms with E-state index in [1.54, 1.807) is 23.6 Å². The molecule has 2 N–H and O–H groups in total. The van der Waals surface area contributed by atoms with Gasteiger partial charge in [-0.25, -0.2) is 9.66 Å². The number of carbonyl (C=O) groups is 2. The van der Waals surface area contributed by atoms with Crippen molar-refractivity contribution in [3.8, 4) is 0 Å². The summed E-state index contributed by atoms with van der Waals surface area (Å²) in [7, 11) is 0. The average molecular weight is 362 g/mol. The van der Waals surface area contributed by atoms with E-state index in [9.17, 15) is 14.4 Å². The van der Waals surface area contributed by atoms with E-state index in [0.29, 0.717) is 15.1 Å². The molecule has 0 saturated carbocycles. The predicted molar refractivity (Wildman–Crippen MR) is 94.3 cm³/mol. The van der Waals surface area contributed by atoms with Crippen molar-refractivity contribution in [1.29, 1.82) is 0 Å². The van der Waals surface area contributed by atoms with Gasteiger partial charge in [-0.1, -0.05) is 13.0 Å². The Labute approximate surface area is 144 Å². The molecule has 0 fully saturated rings. The van der Waals surface area contributed by atoms with Crippen LogP contribution in [0.25, 0.3) is 10.2 Å². The van der Waals surface area contributed by atoms with Gasteiger partial charge in [-0.05, 0) is 23.9 Å². The van der Waals surface area contributed by atoms with Crippen molar-refractivity contribution in [2.75, 3.05) is 12.0 Å². The second-order valence-corrected chi connectivity index (χ2v) is 6.96. The van der Waals surface area contributed by atoms with E-state index < -0.39 is 5.91 Å². The molecule has 0 radical (unpaired) electrons. The van der Waals surface area contributed by atoms with Crippen molar-refractivity contribution < 1.29 is 9.59 Å². The monoisotopic (exact) mass is 362 g/mol. The maximum Gasteiger partial charge on any atom is 0.280 e. The van der Waals surface area contributed by atoms with Crippen molar-refractivity contribution in [3.63, 3.8) is 0 Å². The molecule has 0 unspecified atom stereocenters. The minimum atomic E-state index is -0.505. The first kappa shape index (κ1) is 16.3. The summed E-state index contributed by atoms with van der Waals surface area (Å²) >= 11 is 2.75. The van der Waals surface area contributed by atoms with Gasteiger partial charge in [0.05, 0.1) is 16.8 Å².